The number of hydrogen-bond acceptors (Lipinski definition) is 4. The van der Waals surface area contributed by atoms with Crippen LogP contribution in [0.25, 0.3) is 0 Å². The Hall–Kier alpha value is -2.35. The summed E-state index contributed by atoms with van der Waals surface area (Å²) in [6.07, 6.45) is 4.76. The lowest BCUT2D eigenvalue weighted by Crippen LogP contribution is -2.46. The molecule has 6 nitrogen and oxygen atoms in total. The minimum absolute atomic E-state index is 0.108. The van der Waals surface area contributed by atoms with Crippen LogP contribution >= 0.6 is 11.6 Å². The zero-order valence-electron chi connectivity index (χ0n) is 18.4. The fourth-order valence-corrected chi connectivity index (χ4v) is 7.56. The van der Waals surface area contributed by atoms with Gasteiger partial charge in [-0.1, -0.05) is 56.5 Å². The van der Waals surface area contributed by atoms with Crippen LogP contribution in [0.5, 0.6) is 0 Å². The zero-order chi connectivity index (χ0) is 23.4. The first-order valence-electron chi connectivity index (χ1n) is 10.7. The fraction of sp³-hybridized carbons (Fsp3) is 0.375. The maximum Gasteiger partial charge on any atom is 0.331 e. The summed E-state index contributed by atoms with van der Waals surface area (Å²) in [5.74, 6) is -1.40. The second-order valence-corrected chi connectivity index (χ2v) is 11.7. The van der Waals surface area contributed by atoms with Crippen LogP contribution in [0.15, 0.2) is 65.8 Å². The number of para-hydroxylation sites is 1. The third-order valence-electron chi connectivity index (χ3n) is 6.04. The molecule has 0 saturated carbocycles. The van der Waals surface area contributed by atoms with Crippen molar-refractivity contribution in [3.05, 3.63) is 65.9 Å². The van der Waals surface area contributed by atoms with Crippen LogP contribution < -0.4 is 4.90 Å². The molecule has 32 heavy (non-hydrogen) atoms. The van der Waals surface area contributed by atoms with Crippen LogP contribution in [0, 0.1) is 5.41 Å². The molecule has 2 aromatic rings. The number of fused-ring (bicyclic) bond motifs is 1. The Balaban J connectivity index is 2.29. The largest absolute Gasteiger partial charge is 0.478 e. The number of carboxylic acid groups (broad SMARTS) is 1. The highest BCUT2D eigenvalue weighted by atomic mass is 35.5. The van der Waals surface area contributed by atoms with Crippen LogP contribution in [0.2, 0.25) is 5.02 Å². The van der Waals surface area contributed by atoms with Crippen molar-refractivity contribution in [1.82, 2.24) is 0 Å². The Morgan fingerprint density at radius 1 is 1.25 bits per heavy atom. The molecule has 0 aliphatic carbocycles. The molecule has 1 aliphatic heterocycles. The van der Waals surface area contributed by atoms with Crippen LogP contribution in [0.3, 0.4) is 0 Å². The van der Waals surface area contributed by atoms with Gasteiger partial charge >= 0.3 is 5.97 Å². The van der Waals surface area contributed by atoms with Crippen LogP contribution in [-0.2, 0) is 18.6 Å². The second kappa shape index (κ2) is 9.25. The summed E-state index contributed by atoms with van der Waals surface area (Å²) in [4.78, 5) is 13.1. The number of carboxylic acids is 1. The predicted molar refractivity (Wildman–Crippen MR) is 129 cm³/mol. The Morgan fingerprint density at radius 2 is 1.97 bits per heavy atom. The van der Waals surface area contributed by atoms with E-state index in [9.17, 15) is 13.6 Å². The number of carbonyl (C=O) groups is 1. The Morgan fingerprint density at radius 3 is 2.59 bits per heavy atom. The van der Waals surface area contributed by atoms with Crippen LogP contribution in [0.4, 0.5) is 11.4 Å². The number of halogens is 1. The molecule has 0 fully saturated rings. The van der Waals surface area contributed by atoms with Crippen molar-refractivity contribution < 1.29 is 22.8 Å². The van der Waals surface area contributed by atoms with E-state index in [1.807, 2.05) is 42.2 Å². The van der Waals surface area contributed by atoms with E-state index in [-0.39, 0.29) is 10.6 Å². The lowest BCUT2D eigenvalue weighted by atomic mass is 9.81. The van der Waals surface area contributed by atoms with Gasteiger partial charge in [0.15, 0.2) is 0 Å². The molecule has 0 spiro atoms. The average molecular weight is 480 g/mol. The smallest absolute Gasteiger partial charge is 0.331 e. The summed E-state index contributed by atoms with van der Waals surface area (Å²) in [7, 11) is -4.97. The van der Waals surface area contributed by atoms with E-state index < -0.39 is 21.0 Å². The van der Waals surface area contributed by atoms with Crippen molar-refractivity contribution in [2.24, 2.45) is 5.41 Å². The molecule has 2 N–H and O–H groups in total. The highest BCUT2D eigenvalue weighted by molar-refractivity contribution is 8.11. The molecule has 174 valence electrons. The summed E-state index contributed by atoms with van der Waals surface area (Å²) in [6.45, 7) is 4.60. The number of rotatable bonds is 8. The van der Waals surface area contributed by atoms with Gasteiger partial charge in [-0.2, -0.15) is 0 Å². The van der Waals surface area contributed by atoms with Crippen molar-refractivity contribution in [3.8, 4) is 0 Å². The van der Waals surface area contributed by atoms with Crippen LogP contribution in [0.1, 0.15) is 39.5 Å². The van der Waals surface area contributed by atoms with Gasteiger partial charge in [0.25, 0.3) is 0 Å². The molecule has 1 aliphatic rings. The van der Waals surface area contributed by atoms with E-state index in [0.29, 0.717) is 23.7 Å². The highest BCUT2D eigenvalue weighted by Gasteiger charge is 2.51. The van der Waals surface area contributed by atoms with Gasteiger partial charge in [0.1, 0.15) is 15.9 Å². The van der Waals surface area contributed by atoms with Gasteiger partial charge in [-0.05, 0) is 43.2 Å². The summed E-state index contributed by atoms with van der Waals surface area (Å²) >= 11 is 6.32. The predicted octanol–water partition coefficient (Wildman–Crippen LogP) is 6.26. The first-order valence-corrected chi connectivity index (χ1v) is 13.1. The van der Waals surface area contributed by atoms with Crippen LogP contribution in [-0.4, -0.2) is 32.1 Å². The molecule has 3 rings (SSSR count). The topological polar surface area (TPSA) is 87.1 Å². The molecular weight excluding hydrogens is 450 g/mol. The standard InChI is InChI=1S/C24H30ClNO5S/c1-3-5-14-24(4-2)17-26(20-9-7-6-8-10-20)21-16-19(25)11-12-22(21)32(29,30,18-24)31-15-13-23(27)28/h6-13,15-16H,3-5,14,17-18H2,1-2H3,(H,27,28)(H,29,30)/b15-13+/t24-/m0/s1. The fourth-order valence-electron chi connectivity index (χ4n) is 4.34. The quantitative estimate of drug-likeness (QED) is 0.343. The van der Waals surface area contributed by atoms with E-state index in [1.165, 1.54) is 6.07 Å². The third kappa shape index (κ3) is 5.00. The number of hydrogen-bond donors (Lipinski definition) is 2. The van der Waals surface area contributed by atoms with E-state index in [4.69, 9.17) is 20.9 Å². The van der Waals surface area contributed by atoms with Crippen molar-refractivity contribution >= 4 is 38.6 Å². The molecule has 0 aromatic heterocycles. The van der Waals surface area contributed by atoms with Gasteiger partial charge in [0.05, 0.1) is 22.4 Å². The number of anilines is 2. The molecule has 0 saturated heterocycles. The monoisotopic (exact) mass is 479 g/mol. The van der Waals surface area contributed by atoms with E-state index in [2.05, 4.69) is 6.92 Å². The highest BCUT2D eigenvalue weighted by Crippen LogP contribution is 2.52. The summed E-state index contributed by atoms with van der Waals surface area (Å²) < 4.78 is 31.8. The number of aliphatic carboxylic acids is 1. The minimum Gasteiger partial charge on any atom is -0.478 e. The number of benzene rings is 2. The molecule has 0 bridgehead atoms. The van der Waals surface area contributed by atoms with Gasteiger partial charge in [0.2, 0.25) is 0 Å². The van der Waals surface area contributed by atoms with E-state index in [1.54, 1.807) is 12.1 Å². The van der Waals surface area contributed by atoms with E-state index >= 15 is 0 Å². The lowest BCUT2D eigenvalue weighted by molar-refractivity contribution is -0.131. The molecule has 0 amide bonds. The molecule has 8 heteroatoms. The normalized spacial score (nSPS) is 23.0. The molecule has 1 atom stereocenters. The summed E-state index contributed by atoms with van der Waals surface area (Å²) in [6, 6.07) is 14.4. The molecule has 0 unspecified atom stereocenters. The third-order valence-corrected chi connectivity index (χ3v) is 9.12. The van der Waals surface area contributed by atoms with Gasteiger partial charge in [-0.3, -0.25) is 4.55 Å². The first kappa shape index (κ1) is 24.3. The molecule has 0 radical (unpaired) electrons. The summed E-state index contributed by atoms with van der Waals surface area (Å²) in [5.41, 5.74) is 0.814. The van der Waals surface area contributed by atoms with Crippen molar-refractivity contribution in [1.29, 1.82) is 0 Å². The number of nitrogens with zero attached hydrogens (tertiary/aromatic N) is 1. The van der Waals surface area contributed by atoms with E-state index in [0.717, 1.165) is 37.3 Å². The first-order chi connectivity index (χ1) is 15.1. The Kier molecular flexibility index (Phi) is 7.03. The molecule has 1 heterocycles. The lowest BCUT2D eigenvalue weighted by Gasteiger charge is -2.42. The Bertz CT molecular complexity index is 1070. The molecular formula is C24H30ClNO5S. The zero-order valence-corrected chi connectivity index (χ0v) is 19.9. The van der Waals surface area contributed by atoms with Crippen molar-refractivity contribution in [2.75, 3.05) is 17.2 Å². The van der Waals surface area contributed by atoms with Gasteiger partial charge < -0.3 is 14.2 Å². The minimum atomic E-state index is -4.97. The average Bonchev–Trinajstić information content (AvgIpc) is 2.84. The van der Waals surface area contributed by atoms with Gasteiger partial charge in [-0.15, -0.1) is 0 Å². The Labute approximate surface area is 194 Å². The maximum atomic E-state index is 14.5. The molecule has 2 aromatic carbocycles. The van der Waals surface area contributed by atoms with Gasteiger partial charge in [0, 0.05) is 22.7 Å². The van der Waals surface area contributed by atoms with Gasteiger partial charge in [-0.25, -0.2) is 9.00 Å². The summed E-state index contributed by atoms with van der Waals surface area (Å²) in [5, 5.41) is 9.42. The van der Waals surface area contributed by atoms with Crippen molar-refractivity contribution in [2.45, 2.75) is 44.4 Å². The maximum absolute atomic E-state index is 14.5. The number of unbranched alkanes of at least 4 members (excludes halogenated alkanes) is 1. The SMILES string of the molecule is CCCC[C@@]1(CC)CN(c2ccccc2)c2cc(Cl)ccc2S(=O)(O)(O/C=C/C(=O)O)C1. The van der Waals surface area contributed by atoms with Crippen molar-refractivity contribution in [3.63, 3.8) is 0 Å². The second-order valence-electron chi connectivity index (χ2n) is 8.36.